The van der Waals surface area contributed by atoms with Crippen molar-refractivity contribution in [2.75, 3.05) is 5.32 Å². The van der Waals surface area contributed by atoms with Gasteiger partial charge in [-0.25, -0.2) is 8.78 Å². The number of nitrogens with one attached hydrogen (secondary N) is 1. The minimum absolute atomic E-state index is 0.0781. The molecule has 0 saturated heterocycles. The van der Waals surface area contributed by atoms with Crippen LogP contribution in [-0.2, 0) is 11.2 Å². The summed E-state index contributed by atoms with van der Waals surface area (Å²) in [6, 6.07) is 10.4. The molecular formula is C17H17F2NO2. The minimum atomic E-state index is -0.825. The predicted octanol–water partition coefficient (Wildman–Crippen LogP) is 3.93. The van der Waals surface area contributed by atoms with Gasteiger partial charge in [0.05, 0.1) is 5.69 Å². The number of aryl methyl sites for hydroxylation is 1. The number of amides is 1. The molecule has 0 saturated carbocycles. The topological polar surface area (TPSA) is 38.3 Å². The Morgan fingerprint density at radius 3 is 2.64 bits per heavy atom. The Balaban J connectivity index is 2.06. The molecule has 116 valence electrons. The molecule has 1 amide bonds. The summed E-state index contributed by atoms with van der Waals surface area (Å²) in [4.78, 5) is 12.1. The Kier molecular flexibility index (Phi) is 5.09. The van der Waals surface area contributed by atoms with E-state index in [4.69, 9.17) is 4.74 Å². The highest BCUT2D eigenvalue weighted by Gasteiger charge is 2.17. The van der Waals surface area contributed by atoms with Gasteiger partial charge in [0.15, 0.2) is 6.10 Å². The van der Waals surface area contributed by atoms with Crippen molar-refractivity contribution in [2.24, 2.45) is 0 Å². The molecular weight excluding hydrogens is 288 g/mol. The van der Waals surface area contributed by atoms with Gasteiger partial charge in [-0.2, -0.15) is 0 Å². The molecule has 1 N–H and O–H groups in total. The SMILES string of the molecule is CCc1ccccc1O[C@H](C)C(=O)Nc1ccc(F)cc1F. The van der Waals surface area contributed by atoms with E-state index in [2.05, 4.69) is 5.32 Å². The van der Waals surface area contributed by atoms with Crippen LogP contribution in [0.15, 0.2) is 42.5 Å². The molecule has 2 rings (SSSR count). The van der Waals surface area contributed by atoms with Gasteiger partial charge in [-0.3, -0.25) is 4.79 Å². The molecule has 0 bridgehead atoms. The smallest absolute Gasteiger partial charge is 0.265 e. The quantitative estimate of drug-likeness (QED) is 0.909. The van der Waals surface area contributed by atoms with Gasteiger partial charge in [-0.1, -0.05) is 25.1 Å². The number of carbonyl (C=O) groups is 1. The average molecular weight is 305 g/mol. The Morgan fingerprint density at radius 2 is 1.95 bits per heavy atom. The van der Waals surface area contributed by atoms with Gasteiger partial charge in [0, 0.05) is 6.07 Å². The number of para-hydroxylation sites is 1. The fourth-order valence-corrected chi connectivity index (χ4v) is 1.98. The first-order valence-electron chi connectivity index (χ1n) is 7.01. The fraction of sp³-hybridized carbons (Fsp3) is 0.235. The maximum atomic E-state index is 13.5. The summed E-state index contributed by atoms with van der Waals surface area (Å²) in [6.07, 6.45) is -0.0333. The molecule has 22 heavy (non-hydrogen) atoms. The number of anilines is 1. The minimum Gasteiger partial charge on any atom is -0.481 e. The maximum Gasteiger partial charge on any atom is 0.265 e. The van der Waals surface area contributed by atoms with Crippen molar-refractivity contribution in [1.29, 1.82) is 0 Å². The highest BCUT2D eigenvalue weighted by Crippen LogP contribution is 2.21. The lowest BCUT2D eigenvalue weighted by atomic mass is 10.1. The molecule has 0 aliphatic carbocycles. The Bertz CT molecular complexity index is 673. The van der Waals surface area contributed by atoms with E-state index < -0.39 is 23.6 Å². The van der Waals surface area contributed by atoms with E-state index in [1.807, 2.05) is 25.1 Å². The Labute approximate surface area is 127 Å². The van der Waals surface area contributed by atoms with Crippen LogP contribution in [0.2, 0.25) is 0 Å². The van der Waals surface area contributed by atoms with Crippen molar-refractivity contribution in [3.63, 3.8) is 0 Å². The van der Waals surface area contributed by atoms with Crippen molar-refractivity contribution in [3.8, 4) is 5.75 Å². The maximum absolute atomic E-state index is 13.5. The number of hydrogen-bond donors (Lipinski definition) is 1. The Morgan fingerprint density at radius 1 is 1.23 bits per heavy atom. The van der Waals surface area contributed by atoms with Gasteiger partial charge in [0.25, 0.3) is 5.91 Å². The first-order chi connectivity index (χ1) is 10.5. The van der Waals surface area contributed by atoms with E-state index in [1.54, 1.807) is 13.0 Å². The average Bonchev–Trinajstić information content (AvgIpc) is 2.50. The van der Waals surface area contributed by atoms with Crippen LogP contribution < -0.4 is 10.1 Å². The molecule has 0 unspecified atom stereocenters. The monoisotopic (exact) mass is 305 g/mol. The van der Waals surface area contributed by atoms with E-state index in [0.717, 1.165) is 18.1 Å². The molecule has 2 aromatic carbocycles. The second kappa shape index (κ2) is 7.02. The lowest BCUT2D eigenvalue weighted by Crippen LogP contribution is -2.30. The van der Waals surface area contributed by atoms with Crippen molar-refractivity contribution >= 4 is 11.6 Å². The van der Waals surface area contributed by atoms with Gasteiger partial charge in [0.1, 0.15) is 17.4 Å². The highest BCUT2D eigenvalue weighted by molar-refractivity contribution is 5.94. The number of benzene rings is 2. The number of ether oxygens (including phenoxy) is 1. The van der Waals surface area contributed by atoms with Gasteiger partial charge >= 0.3 is 0 Å². The lowest BCUT2D eigenvalue weighted by molar-refractivity contribution is -0.122. The van der Waals surface area contributed by atoms with Crippen LogP contribution in [0.25, 0.3) is 0 Å². The van der Waals surface area contributed by atoms with E-state index in [0.29, 0.717) is 11.8 Å². The molecule has 0 fully saturated rings. The lowest BCUT2D eigenvalue weighted by Gasteiger charge is -2.17. The molecule has 0 radical (unpaired) electrons. The molecule has 0 aliphatic heterocycles. The molecule has 3 nitrogen and oxygen atoms in total. The second-order valence-electron chi connectivity index (χ2n) is 4.83. The van der Waals surface area contributed by atoms with Crippen LogP contribution >= 0.6 is 0 Å². The zero-order valence-electron chi connectivity index (χ0n) is 12.4. The van der Waals surface area contributed by atoms with Crippen LogP contribution in [-0.4, -0.2) is 12.0 Å². The molecule has 1 atom stereocenters. The molecule has 0 aromatic heterocycles. The Hall–Kier alpha value is -2.43. The number of carbonyl (C=O) groups excluding carboxylic acids is 1. The number of rotatable bonds is 5. The van der Waals surface area contributed by atoms with E-state index in [-0.39, 0.29) is 5.69 Å². The first-order valence-corrected chi connectivity index (χ1v) is 7.01. The van der Waals surface area contributed by atoms with Crippen LogP contribution in [0.4, 0.5) is 14.5 Å². The van der Waals surface area contributed by atoms with Crippen molar-refractivity contribution in [3.05, 3.63) is 59.7 Å². The summed E-state index contributed by atoms with van der Waals surface area (Å²) in [5.41, 5.74) is 0.903. The van der Waals surface area contributed by atoms with Crippen molar-refractivity contribution < 1.29 is 18.3 Å². The first kappa shape index (κ1) is 15.9. The summed E-state index contributed by atoms with van der Waals surface area (Å²) in [5.74, 6) is -1.41. The highest BCUT2D eigenvalue weighted by atomic mass is 19.1. The summed E-state index contributed by atoms with van der Waals surface area (Å²) in [5, 5.41) is 2.39. The van der Waals surface area contributed by atoms with E-state index in [9.17, 15) is 13.6 Å². The molecule has 2 aromatic rings. The van der Waals surface area contributed by atoms with Crippen LogP contribution in [0.3, 0.4) is 0 Å². The zero-order chi connectivity index (χ0) is 16.1. The molecule has 0 aliphatic rings. The molecule has 0 heterocycles. The molecule has 5 heteroatoms. The number of hydrogen-bond acceptors (Lipinski definition) is 2. The molecule has 0 spiro atoms. The summed E-state index contributed by atoms with van der Waals surface area (Å²) >= 11 is 0. The summed E-state index contributed by atoms with van der Waals surface area (Å²) in [6.45, 7) is 3.56. The largest absolute Gasteiger partial charge is 0.481 e. The van der Waals surface area contributed by atoms with Gasteiger partial charge in [0.2, 0.25) is 0 Å². The van der Waals surface area contributed by atoms with Crippen molar-refractivity contribution in [1.82, 2.24) is 0 Å². The van der Waals surface area contributed by atoms with Crippen LogP contribution in [0.5, 0.6) is 5.75 Å². The van der Waals surface area contributed by atoms with Crippen molar-refractivity contribution in [2.45, 2.75) is 26.4 Å². The van der Waals surface area contributed by atoms with E-state index >= 15 is 0 Å². The zero-order valence-corrected chi connectivity index (χ0v) is 12.4. The third-order valence-electron chi connectivity index (χ3n) is 3.22. The van der Waals surface area contributed by atoms with Gasteiger partial charge in [-0.15, -0.1) is 0 Å². The normalized spacial score (nSPS) is 11.8. The predicted molar refractivity (Wildman–Crippen MR) is 80.9 cm³/mol. The summed E-state index contributed by atoms with van der Waals surface area (Å²) in [7, 11) is 0. The van der Waals surface area contributed by atoms with Gasteiger partial charge < -0.3 is 10.1 Å². The van der Waals surface area contributed by atoms with Crippen LogP contribution in [0.1, 0.15) is 19.4 Å². The summed E-state index contributed by atoms with van der Waals surface area (Å²) < 4.78 is 32.0. The third kappa shape index (κ3) is 3.81. The number of halogens is 2. The third-order valence-corrected chi connectivity index (χ3v) is 3.22. The second-order valence-corrected chi connectivity index (χ2v) is 4.83. The van der Waals surface area contributed by atoms with Gasteiger partial charge in [-0.05, 0) is 37.1 Å². The standard InChI is InChI=1S/C17H17F2NO2/c1-3-12-6-4-5-7-16(12)22-11(2)17(21)20-15-9-8-13(18)10-14(15)19/h4-11H,3H2,1-2H3,(H,20,21)/t11-/m1/s1. The fourth-order valence-electron chi connectivity index (χ4n) is 1.98. The van der Waals surface area contributed by atoms with Crippen LogP contribution in [0, 0.1) is 11.6 Å². The van der Waals surface area contributed by atoms with E-state index in [1.165, 1.54) is 6.07 Å².